The van der Waals surface area contributed by atoms with Crippen LogP contribution < -0.4 is 10.1 Å². The van der Waals surface area contributed by atoms with E-state index in [2.05, 4.69) is 15.3 Å². The first-order chi connectivity index (χ1) is 10.6. The fourth-order valence-electron chi connectivity index (χ4n) is 2.25. The summed E-state index contributed by atoms with van der Waals surface area (Å²) in [4.78, 5) is 23.3. The van der Waals surface area contributed by atoms with Gasteiger partial charge >= 0.3 is 12.0 Å². The third kappa shape index (κ3) is 4.76. The molecule has 1 saturated heterocycles. The number of rotatable bonds is 4. The summed E-state index contributed by atoms with van der Waals surface area (Å²) in [6.07, 6.45) is -0.213. The molecule has 0 atom stereocenters. The second-order valence-electron chi connectivity index (χ2n) is 4.89. The van der Waals surface area contributed by atoms with Gasteiger partial charge in [-0.25, -0.2) is 18.6 Å². The maximum atomic E-state index is 12.4. The van der Waals surface area contributed by atoms with Crippen molar-refractivity contribution in [3.05, 3.63) is 12.3 Å². The Bertz CT molecular complexity index is 503. The number of urea groups is 1. The molecule has 2 heterocycles. The summed E-state index contributed by atoms with van der Waals surface area (Å²) in [5.41, 5.74) is 0. The molecule has 9 heteroatoms. The Labute approximate surface area is 127 Å². The molecule has 0 unspecified atom stereocenters. The number of hydrogen-bond donors (Lipinski definition) is 1. The molecule has 0 spiro atoms. The van der Waals surface area contributed by atoms with E-state index in [1.165, 1.54) is 13.3 Å². The van der Waals surface area contributed by atoms with Gasteiger partial charge in [0.1, 0.15) is 5.82 Å². The Morgan fingerprint density at radius 2 is 2.23 bits per heavy atom. The van der Waals surface area contributed by atoms with Crippen molar-refractivity contribution in [3.8, 4) is 6.01 Å². The molecule has 1 N–H and O–H groups in total. The lowest BCUT2D eigenvalue weighted by atomic mass is 10.4. The van der Waals surface area contributed by atoms with Gasteiger partial charge in [-0.3, -0.25) is 10.2 Å². The Morgan fingerprint density at radius 3 is 2.95 bits per heavy atom. The molecule has 7 nitrogen and oxygen atoms in total. The molecule has 0 aromatic carbocycles. The highest BCUT2D eigenvalue weighted by molar-refractivity contribution is 5.88. The standard InChI is InChI=1S/C13H19F2N5O2/c1-22-12-16-4-3-11(17-12)18-13(21)20-6-2-5-19(7-8-20)9-10(14)15/h3-4,10H,2,5-9H2,1H3,(H,16,17,18,21). The van der Waals surface area contributed by atoms with Gasteiger partial charge in [0.15, 0.2) is 0 Å². The molecule has 0 radical (unpaired) electrons. The summed E-state index contributed by atoms with van der Waals surface area (Å²) in [5, 5.41) is 2.66. The second kappa shape index (κ2) is 7.83. The van der Waals surface area contributed by atoms with Crippen LogP contribution in [-0.2, 0) is 0 Å². The monoisotopic (exact) mass is 315 g/mol. The highest BCUT2D eigenvalue weighted by atomic mass is 19.3. The molecule has 1 aromatic rings. The molecule has 22 heavy (non-hydrogen) atoms. The number of carbonyl (C=O) groups excluding carboxylic acids is 1. The molecule has 0 saturated carbocycles. The summed E-state index contributed by atoms with van der Waals surface area (Å²) in [7, 11) is 1.44. The highest BCUT2D eigenvalue weighted by Crippen LogP contribution is 2.10. The lowest BCUT2D eigenvalue weighted by Gasteiger charge is -2.21. The largest absolute Gasteiger partial charge is 0.467 e. The number of nitrogens with one attached hydrogen (secondary N) is 1. The van der Waals surface area contributed by atoms with Crippen LogP contribution in [0.25, 0.3) is 0 Å². The lowest BCUT2D eigenvalue weighted by Crippen LogP contribution is -2.38. The van der Waals surface area contributed by atoms with Crippen molar-refractivity contribution in [1.82, 2.24) is 19.8 Å². The number of alkyl halides is 2. The summed E-state index contributed by atoms with van der Waals surface area (Å²) in [6, 6.07) is 1.41. The van der Waals surface area contributed by atoms with Crippen LogP contribution >= 0.6 is 0 Å². The Kier molecular flexibility index (Phi) is 5.82. The molecular weight excluding hydrogens is 296 g/mol. The van der Waals surface area contributed by atoms with E-state index in [-0.39, 0.29) is 18.6 Å². The van der Waals surface area contributed by atoms with E-state index in [1.54, 1.807) is 15.9 Å². The van der Waals surface area contributed by atoms with Gasteiger partial charge in [0, 0.05) is 32.4 Å². The van der Waals surface area contributed by atoms with E-state index < -0.39 is 6.43 Å². The molecule has 0 bridgehead atoms. The minimum Gasteiger partial charge on any atom is -0.467 e. The van der Waals surface area contributed by atoms with Crippen molar-refractivity contribution in [2.24, 2.45) is 0 Å². The molecule has 122 valence electrons. The smallest absolute Gasteiger partial charge is 0.323 e. The first kappa shape index (κ1) is 16.3. The number of ether oxygens (including phenoxy) is 1. The normalized spacial score (nSPS) is 16.5. The number of nitrogens with zero attached hydrogens (tertiary/aromatic N) is 4. The van der Waals surface area contributed by atoms with Crippen LogP contribution in [-0.4, -0.2) is 72.1 Å². The molecule has 0 aliphatic carbocycles. The van der Waals surface area contributed by atoms with Crippen molar-refractivity contribution in [3.63, 3.8) is 0 Å². The van der Waals surface area contributed by atoms with E-state index in [1.807, 2.05) is 0 Å². The minimum absolute atomic E-state index is 0.164. The third-order valence-corrected chi connectivity index (χ3v) is 3.32. The van der Waals surface area contributed by atoms with E-state index in [0.717, 1.165) is 0 Å². The van der Waals surface area contributed by atoms with E-state index >= 15 is 0 Å². The first-order valence-electron chi connectivity index (χ1n) is 7.02. The molecule has 1 aromatic heterocycles. The maximum absolute atomic E-state index is 12.4. The average Bonchev–Trinajstić information content (AvgIpc) is 2.72. The number of carbonyl (C=O) groups is 1. The van der Waals surface area contributed by atoms with Crippen LogP contribution in [0.2, 0.25) is 0 Å². The summed E-state index contributed by atoms with van der Waals surface area (Å²) >= 11 is 0. The predicted molar refractivity (Wildman–Crippen MR) is 76.2 cm³/mol. The van der Waals surface area contributed by atoms with Gasteiger partial charge in [0.05, 0.1) is 13.7 Å². The van der Waals surface area contributed by atoms with E-state index in [4.69, 9.17) is 4.74 Å². The molecule has 1 aliphatic heterocycles. The molecular formula is C13H19F2N5O2. The number of halogens is 2. The fraction of sp³-hybridized carbons (Fsp3) is 0.615. The van der Waals surface area contributed by atoms with Crippen LogP contribution in [0.3, 0.4) is 0 Å². The van der Waals surface area contributed by atoms with Gasteiger partial charge in [-0.2, -0.15) is 4.98 Å². The van der Waals surface area contributed by atoms with Crippen LogP contribution in [0.15, 0.2) is 12.3 Å². The molecule has 2 rings (SSSR count). The topological polar surface area (TPSA) is 70.6 Å². The van der Waals surface area contributed by atoms with Gasteiger partial charge in [0.2, 0.25) is 0 Å². The van der Waals surface area contributed by atoms with Crippen LogP contribution in [0, 0.1) is 0 Å². The molecule has 1 aliphatic rings. The number of hydrogen-bond acceptors (Lipinski definition) is 5. The van der Waals surface area contributed by atoms with Crippen LogP contribution in [0.4, 0.5) is 19.4 Å². The number of anilines is 1. The Balaban J connectivity index is 1.89. The summed E-state index contributed by atoms with van der Waals surface area (Å²) in [5.74, 6) is 0.338. The van der Waals surface area contributed by atoms with Crippen molar-refractivity contribution in [2.45, 2.75) is 12.8 Å². The third-order valence-electron chi connectivity index (χ3n) is 3.32. The van der Waals surface area contributed by atoms with Crippen molar-refractivity contribution in [1.29, 1.82) is 0 Å². The summed E-state index contributed by atoms with van der Waals surface area (Å²) in [6.45, 7) is 1.67. The average molecular weight is 315 g/mol. The zero-order valence-electron chi connectivity index (χ0n) is 12.3. The zero-order valence-corrected chi connectivity index (χ0v) is 12.3. The Morgan fingerprint density at radius 1 is 1.41 bits per heavy atom. The quantitative estimate of drug-likeness (QED) is 0.906. The van der Waals surface area contributed by atoms with Gasteiger partial charge in [0.25, 0.3) is 6.43 Å². The lowest BCUT2D eigenvalue weighted by molar-refractivity contribution is 0.0905. The first-order valence-corrected chi connectivity index (χ1v) is 7.02. The summed E-state index contributed by atoms with van der Waals surface area (Å²) < 4.78 is 29.7. The fourth-order valence-corrected chi connectivity index (χ4v) is 2.25. The number of aromatic nitrogens is 2. The van der Waals surface area contributed by atoms with Gasteiger partial charge in [-0.1, -0.05) is 0 Å². The van der Waals surface area contributed by atoms with Gasteiger partial charge in [-0.15, -0.1) is 0 Å². The SMILES string of the molecule is COc1nccc(NC(=O)N2CCCN(CC(F)F)CC2)n1. The number of methoxy groups -OCH3 is 1. The van der Waals surface area contributed by atoms with Gasteiger partial charge < -0.3 is 9.64 Å². The zero-order chi connectivity index (χ0) is 15.9. The van der Waals surface area contributed by atoms with Crippen LogP contribution in [0.5, 0.6) is 6.01 Å². The van der Waals surface area contributed by atoms with E-state index in [0.29, 0.717) is 38.4 Å². The molecule has 2 amide bonds. The molecule has 1 fully saturated rings. The predicted octanol–water partition coefficient (Wildman–Crippen LogP) is 1.29. The van der Waals surface area contributed by atoms with Crippen molar-refractivity contribution in [2.75, 3.05) is 45.2 Å². The van der Waals surface area contributed by atoms with Crippen molar-refractivity contribution < 1.29 is 18.3 Å². The second-order valence-corrected chi connectivity index (χ2v) is 4.89. The minimum atomic E-state index is -2.35. The maximum Gasteiger partial charge on any atom is 0.323 e. The van der Waals surface area contributed by atoms with Crippen LogP contribution in [0.1, 0.15) is 6.42 Å². The van der Waals surface area contributed by atoms with E-state index in [9.17, 15) is 13.6 Å². The Hall–Kier alpha value is -2.03. The van der Waals surface area contributed by atoms with Crippen molar-refractivity contribution >= 4 is 11.8 Å². The highest BCUT2D eigenvalue weighted by Gasteiger charge is 2.21. The number of amides is 2. The van der Waals surface area contributed by atoms with Gasteiger partial charge in [-0.05, 0) is 12.5 Å².